The summed E-state index contributed by atoms with van der Waals surface area (Å²) < 4.78 is 42.6. The van der Waals surface area contributed by atoms with Gasteiger partial charge in [-0.25, -0.2) is 4.79 Å². The highest BCUT2D eigenvalue weighted by molar-refractivity contribution is 5.96. The van der Waals surface area contributed by atoms with Gasteiger partial charge in [-0.2, -0.15) is 0 Å². The summed E-state index contributed by atoms with van der Waals surface area (Å²) in [6, 6.07) is 109. The summed E-state index contributed by atoms with van der Waals surface area (Å²) in [6.07, 6.45) is 1.80. The molecule has 0 N–H and O–H groups in total. The van der Waals surface area contributed by atoms with Gasteiger partial charge >= 0.3 is 5.97 Å². The fraction of sp³-hybridized carbons (Fsp3) is 0.160. The summed E-state index contributed by atoms with van der Waals surface area (Å²) >= 11 is 0. The van der Waals surface area contributed by atoms with E-state index >= 15 is 0 Å². The van der Waals surface area contributed by atoms with Gasteiger partial charge in [0.15, 0.2) is 46.0 Å². The number of hydrogen-bond acceptors (Lipinski definition) is 14. The first-order valence-corrected chi connectivity index (χ1v) is 37.0. The molecule has 0 radical (unpaired) electrons. The summed E-state index contributed by atoms with van der Waals surface area (Å²) in [5, 5.41) is 0. The SMILES string of the molecule is O=C1OC(c2ccc3c(c2)CN(c2ccccc2)CO3)(c2ccc3c(c2)CN(c2ccccc2)CO3)c2ccccc21.c1ccc(N2COc3ccc(Cc4ccc5c(c4)CN(c4ccccc4)CO5)cc3C2)cc1.c1ccc2c(c1)CN(c1ccc(Cc3ccc(N4COc5ccccc5C4)cc3)cc1)CO2. The summed E-state index contributed by atoms with van der Waals surface area (Å²) in [5.41, 5.74) is 21.2. The van der Waals surface area contributed by atoms with E-state index in [1.807, 2.05) is 121 Å². The Bertz CT molecular complexity index is 5060. The number of carbonyl (C=O) groups is 1. The number of carbonyl (C=O) groups excluding carboxylic acids is 1. The molecule has 0 bridgehead atoms. The first-order chi connectivity index (χ1) is 53.3. The van der Waals surface area contributed by atoms with Crippen molar-refractivity contribution in [3.8, 4) is 34.5 Å². The van der Waals surface area contributed by atoms with Gasteiger partial charge in [-0.15, -0.1) is 0 Å². The molecule has 0 saturated carbocycles. The van der Waals surface area contributed by atoms with E-state index < -0.39 is 5.60 Å². The minimum Gasteiger partial charge on any atom is -0.473 e. The lowest BCUT2D eigenvalue weighted by molar-refractivity contribution is 0.0250. The lowest BCUT2D eigenvalue weighted by Crippen LogP contribution is -2.34. The van der Waals surface area contributed by atoms with Crippen molar-refractivity contribution in [1.82, 2.24) is 0 Å². The largest absolute Gasteiger partial charge is 0.473 e. The molecule has 7 aliphatic heterocycles. The highest BCUT2D eigenvalue weighted by atomic mass is 16.6. The molecule has 0 aliphatic carbocycles. The normalized spacial score (nSPS) is 15.4. The van der Waals surface area contributed by atoms with Gasteiger partial charge < -0.3 is 62.6 Å². The number of hydrogen-bond donors (Lipinski definition) is 0. The molecule has 7 heterocycles. The quantitative estimate of drug-likeness (QED) is 0.108. The molecule has 0 amide bonds. The van der Waals surface area contributed by atoms with E-state index in [4.69, 9.17) is 33.2 Å². The average Bonchev–Trinajstić information content (AvgIpc) is 1.54. The van der Waals surface area contributed by atoms with Gasteiger partial charge in [0.2, 0.25) is 0 Å². The molecule has 108 heavy (non-hydrogen) atoms. The molecule has 0 spiro atoms. The standard InChI is InChI=1S/C36H28N2O4.2C29H26N2O2/c39-35-31-13-7-8-14-32(31)36(42-35,27-15-17-33-25(19-27)21-37(23-40-33)29-9-3-1-4-10-29)28-16-18-34-26(20-28)22-38(24-41-34)30-11-5-2-6-12-30;1-3-7-28-24(5-1)18-30(20-32-28)26-13-9-22(10-14-26)17-23-11-15-27(16-12-23)31-19-25-6-2-4-8-29(25)33-21-31;1-3-7-26(8-4-1)30-18-24-16-22(11-13-28(24)32-20-30)15-23-12-14-29-25(17-23)19-31(21-33-29)27-9-5-2-6-10-27/h1-20H,21-24H2;1-16H,17-21H2;1-14,16-17H,15,18-21H2. The summed E-state index contributed by atoms with van der Waals surface area (Å²) in [6.45, 7) is 8.12. The maximum absolute atomic E-state index is 13.4. The van der Waals surface area contributed by atoms with E-state index in [2.05, 4.69) is 224 Å². The van der Waals surface area contributed by atoms with Crippen LogP contribution in [0.2, 0.25) is 0 Å². The summed E-state index contributed by atoms with van der Waals surface area (Å²) in [5.74, 6) is 5.33. The molecule has 13 aromatic rings. The van der Waals surface area contributed by atoms with Gasteiger partial charge in [-0.1, -0.05) is 176 Å². The molecule has 0 unspecified atom stereocenters. The number of cyclic esters (lactones) is 1. The van der Waals surface area contributed by atoms with Gasteiger partial charge in [-0.3, -0.25) is 0 Å². The third kappa shape index (κ3) is 14.0. The molecule has 7 aliphatic rings. The number of esters is 1. The highest BCUT2D eigenvalue weighted by Gasteiger charge is 2.49. The zero-order chi connectivity index (χ0) is 72.2. The Balaban J connectivity index is 0.000000116. The van der Waals surface area contributed by atoms with Crippen molar-refractivity contribution in [1.29, 1.82) is 0 Å². The predicted octanol–water partition coefficient (Wildman–Crippen LogP) is 18.8. The number of ether oxygens (including phenoxy) is 7. The van der Waals surface area contributed by atoms with Crippen molar-refractivity contribution in [3.63, 3.8) is 0 Å². The van der Waals surface area contributed by atoms with Crippen LogP contribution in [0.1, 0.15) is 82.7 Å². The fourth-order valence-corrected chi connectivity index (χ4v) is 15.6. The lowest BCUT2D eigenvalue weighted by atomic mass is 9.78. The van der Waals surface area contributed by atoms with Crippen LogP contribution in [0.3, 0.4) is 0 Å². The number of para-hydroxylation sites is 6. The van der Waals surface area contributed by atoms with Gasteiger partial charge in [0.05, 0.1) is 5.56 Å². The van der Waals surface area contributed by atoms with Crippen LogP contribution in [0, 0.1) is 0 Å². The molecule has 20 rings (SSSR count). The molecular weight excluding hydrogens is 1340 g/mol. The van der Waals surface area contributed by atoms with Crippen molar-refractivity contribution in [2.24, 2.45) is 0 Å². The zero-order valence-electron chi connectivity index (χ0n) is 59.9. The van der Waals surface area contributed by atoms with Crippen LogP contribution in [0.15, 0.2) is 315 Å². The second kappa shape index (κ2) is 29.8. The molecule has 0 aromatic heterocycles. The second-order valence-corrected chi connectivity index (χ2v) is 28.2. The lowest BCUT2D eigenvalue weighted by Gasteiger charge is -2.35. The first kappa shape index (κ1) is 66.9. The maximum Gasteiger partial charge on any atom is 0.340 e. The Labute approximate surface area is 629 Å². The number of fused-ring (bicyclic) bond motifs is 7. The minimum absolute atomic E-state index is 0.328. The molecule has 14 heteroatoms. The third-order valence-corrected chi connectivity index (χ3v) is 21.2. The van der Waals surface area contributed by atoms with Crippen LogP contribution in [0.5, 0.6) is 34.5 Å². The molecular formula is C94H80N6O8. The van der Waals surface area contributed by atoms with Gasteiger partial charge in [-0.05, 0) is 175 Å². The molecule has 0 fully saturated rings. The van der Waals surface area contributed by atoms with Crippen molar-refractivity contribution in [2.75, 3.05) is 69.8 Å². The number of anilines is 6. The van der Waals surface area contributed by atoms with Crippen molar-refractivity contribution in [2.45, 2.75) is 57.7 Å². The van der Waals surface area contributed by atoms with E-state index in [0.29, 0.717) is 59.0 Å². The van der Waals surface area contributed by atoms with E-state index in [1.54, 1.807) is 0 Å². The Morgan fingerprint density at radius 2 is 0.528 bits per heavy atom. The van der Waals surface area contributed by atoms with Crippen molar-refractivity contribution >= 4 is 40.1 Å². The summed E-state index contributed by atoms with van der Waals surface area (Å²) in [4.78, 5) is 26.8. The average molecular weight is 1420 g/mol. The fourth-order valence-electron chi connectivity index (χ4n) is 15.6. The second-order valence-electron chi connectivity index (χ2n) is 28.2. The number of nitrogens with zero attached hydrogens (tertiary/aromatic N) is 6. The van der Waals surface area contributed by atoms with Gasteiger partial charge in [0.1, 0.15) is 34.5 Å². The summed E-state index contributed by atoms with van der Waals surface area (Å²) in [7, 11) is 0. The van der Waals surface area contributed by atoms with Gasteiger partial charge in [0.25, 0.3) is 0 Å². The van der Waals surface area contributed by atoms with E-state index in [-0.39, 0.29) is 5.97 Å². The Morgan fingerprint density at radius 3 is 0.907 bits per heavy atom. The highest BCUT2D eigenvalue weighted by Crippen LogP contribution is 2.50. The number of rotatable bonds is 12. The van der Waals surface area contributed by atoms with Crippen LogP contribution < -0.4 is 57.8 Å². The molecule has 13 aromatic carbocycles. The van der Waals surface area contributed by atoms with Crippen LogP contribution >= 0.6 is 0 Å². The monoisotopic (exact) mass is 1420 g/mol. The minimum atomic E-state index is -1.11. The molecule has 14 nitrogen and oxygen atoms in total. The molecule has 0 atom stereocenters. The van der Waals surface area contributed by atoms with Crippen molar-refractivity contribution in [3.05, 3.63) is 393 Å². The van der Waals surface area contributed by atoms with E-state index in [1.165, 1.54) is 67.3 Å². The molecule has 0 saturated heterocycles. The third-order valence-electron chi connectivity index (χ3n) is 21.2. The van der Waals surface area contributed by atoms with Crippen molar-refractivity contribution < 1.29 is 38.0 Å². The first-order valence-electron chi connectivity index (χ1n) is 37.0. The predicted molar refractivity (Wildman–Crippen MR) is 425 cm³/mol. The van der Waals surface area contributed by atoms with Crippen LogP contribution in [-0.2, 0) is 62.4 Å². The zero-order valence-corrected chi connectivity index (χ0v) is 59.9. The maximum atomic E-state index is 13.4. The van der Waals surface area contributed by atoms with Crippen LogP contribution in [0.4, 0.5) is 34.1 Å². The smallest absolute Gasteiger partial charge is 0.340 e. The van der Waals surface area contributed by atoms with E-state index in [9.17, 15) is 4.79 Å². The Kier molecular flexibility index (Phi) is 18.5. The topological polar surface area (TPSA) is 101 Å². The van der Waals surface area contributed by atoms with Crippen LogP contribution in [0.25, 0.3) is 0 Å². The number of benzene rings is 13. The Hall–Kier alpha value is -13.1. The van der Waals surface area contributed by atoms with Crippen LogP contribution in [-0.4, -0.2) is 46.4 Å². The molecule has 534 valence electrons. The van der Waals surface area contributed by atoms with E-state index in [0.717, 1.165) is 113 Å². The Morgan fingerprint density at radius 1 is 0.250 bits per heavy atom. The van der Waals surface area contributed by atoms with Gasteiger partial charge in [0, 0.05) is 123 Å².